The Kier molecular flexibility index (Phi) is 6.45. The van der Waals surface area contributed by atoms with Crippen molar-refractivity contribution in [2.75, 3.05) is 26.9 Å². The molecule has 1 aromatic rings. The molecule has 0 bridgehead atoms. The summed E-state index contributed by atoms with van der Waals surface area (Å²) in [6.45, 7) is 4.91. The van der Waals surface area contributed by atoms with Crippen LogP contribution in [0.3, 0.4) is 0 Å². The molecule has 0 spiro atoms. The first-order chi connectivity index (χ1) is 9.17. The lowest BCUT2D eigenvalue weighted by molar-refractivity contribution is 0.268. The summed E-state index contributed by atoms with van der Waals surface area (Å²) in [6, 6.07) is 3.42. The molecule has 1 aromatic carbocycles. The second kappa shape index (κ2) is 7.86. The fourth-order valence-electron chi connectivity index (χ4n) is 1.82. The van der Waals surface area contributed by atoms with E-state index in [1.54, 1.807) is 7.11 Å². The third-order valence-corrected chi connectivity index (χ3v) is 2.72. The topological polar surface area (TPSA) is 73.9 Å². The van der Waals surface area contributed by atoms with Crippen molar-refractivity contribution in [3.8, 4) is 17.2 Å². The van der Waals surface area contributed by atoms with Crippen molar-refractivity contribution in [1.29, 1.82) is 0 Å². The van der Waals surface area contributed by atoms with Crippen LogP contribution in [0.1, 0.15) is 31.9 Å². The highest BCUT2D eigenvalue weighted by Crippen LogP contribution is 2.40. The lowest BCUT2D eigenvalue weighted by atomic mass is 10.0. The molecule has 5 heteroatoms. The van der Waals surface area contributed by atoms with Gasteiger partial charge in [0.15, 0.2) is 11.5 Å². The highest BCUT2D eigenvalue weighted by Gasteiger charge is 2.17. The first kappa shape index (κ1) is 15.6. The molecule has 5 nitrogen and oxygen atoms in total. The molecule has 108 valence electrons. The van der Waals surface area contributed by atoms with E-state index in [0.717, 1.165) is 5.56 Å². The molecule has 19 heavy (non-hydrogen) atoms. The molecule has 0 aromatic heterocycles. The minimum Gasteiger partial charge on any atom is -0.493 e. The maximum absolute atomic E-state index is 8.97. The molecule has 0 amide bonds. The van der Waals surface area contributed by atoms with Crippen LogP contribution in [-0.4, -0.2) is 32.0 Å². The number of hydrogen-bond donors (Lipinski definition) is 2. The molecule has 0 saturated heterocycles. The van der Waals surface area contributed by atoms with Gasteiger partial charge in [0.05, 0.1) is 20.3 Å². The van der Waals surface area contributed by atoms with Crippen molar-refractivity contribution < 1.29 is 19.3 Å². The molecule has 0 heterocycles. The Labute approximate surface area is 114 Å². The zero-order valence-corrected chi connectivity index (χ0v) is 11.8. The molecular weight excluding hydrogens is 246 g/mol. The van der Waals surface area contributed by atoms with Gasteiger partial charge in [0, 0.05) is 12.6 Å². The van der Waals surface area contributed by atoms with Crippen molar-refractivity contribution in [1.82, 2.24) is 0 Å². The van der Waals surface area contributed by atoms with E-state index in [-0.39, 0.29) is 12.6 Å². The van der Waals surface area contributed by atoms with Crippen LogP contribution >= 0.6 is 0 Å². The van der Waals surface area contributed by atoms with Crippen molar-refractivity contribution in [2.45, 2.75) is 26.3 Å². The van der Waals surface area contributed by atoms with E-state index in [0.29, 0.717) is 36.9 Å². The fourth-order valence-corrected chi connectivity index (χ4v) is 1.82. The second-order valence-electron chi connectivity index (χ2n) is 4.04. The quantitative estimate of drug-likeness (QED) is 0.753. The molecule has 0 saturated carbocycles. The smallest absolute Gasteiger partial charge is 0.203 e. The van der Waals surface area contributed by atoms with Gasteiger partial charge in [0.2, 0.25) is 5.75 Å². The van der Waals surface area contributed by atoms with E-state index >= 15 is 0 Å². The maximum Gasteiger partial charge on any atom is 0.203 e. The number of nitrogens with two attached hydrogens (primary N) is 1. The Bertz CT molecular complexity index is 395. The molecule has 1 atom stereocenters. The number of hydrogen-bond acceptors (Lipinski definition) is 5. The van der Waals surface area contributed by atoms with Crippen molar-refractivity contribution in [2.24, 2.45) is 5.73 Å². The lowest BCUT2D eigenvalue weighted by Gasteiger charge is -2.18. The minimum absolute atomic E-state index is 0.0423. The van der Waals surface area contributed by atoms with Crippen LogP contribution in [0.15, 0.2) is 12.1 Å². The summed E-state index contributed by atoms with van der Waals surface area (Å²) < 4.78 is 16.5. The van der Waals surface area contributed by atoms with Gasteiger partial charge >= 0.3 is 0 Å². The molecule has 3 N–H and O–H groups in total. The monoisotopic (exact) mass is 269 g/mol. The molecular formula is C14H23NO4. The summed E-state index contributed by atoms with van der Waals surface area (Å²) in [5.74, 6) is 1.80. The predicted octanol–water partition coefficient (Wildman–Crippen LogP) is 1.87. The summed E-state index contributed by atoms with van der Waals surface area (Å²) >= 11 is 0. The summed E-state index contributed by atoms with van der Waals surface area (Å²) in [4.78, 5) is 0. The zero-order valence-electron chi connectivity index (χ0n) is 11.8. The van der Waals surface area contributed by atoms with Gasteiger partial charge < -0.3 is 25.1 Å². The third kappa shape index (κ3) is 4.01. The van der Waals surface area contributed by atoms with Gasteiger partial charge in [-0.3, -0.25) is 0 Å². The third-order valence-electron chi connectivity index (χ3n) is 2.72. The first-order valence-electron chi connectivity index (χ1n) is 6.51. The minimum atomic E-state index is -0.256. The van der Waals surface area contributed by atoms with Crippen LogP contribution in [-0.2, 0) is 0 Å². The Morgan fingerprint density at radius 3 is 2.32 bits per heavy atom. The van der Waals surface area contributed by atoms with Crippen molar-refractivity contribution >= 4 is 0 Å². The highest BCUT2D eigenvalue weighted by atomic mass is 16.5. The molecule has 0 aliphatic carbocycles. The summed E-state index contributed by atoms with van der Waals surface area (Å²) in [5, 5.41) is 8.97. The van der Waals surface area contributed by atoms with Crippen LogP contribution < -0.4 is 19.9 Å². The summed E-state index contributed by atoms with van der Waals surface area (Å²) in [7, 11) is 1.58. The molecule has 1 rings (SSSR count). The predicted molar refractivity (Wildman–Crippen MR) is 74.0 cm³/mol. The Morgan fingerprint density at radius 2 is 1.79 bits per heavy atom. The lowest BCUT2D eigenvalue weighted by Crippen LogP contribution is -2.13. The van der Waals surface area contributed by atoms with Crippen LogP contribution in [0.5, 0.6) is 17.2 Å². The standard InChI is InChI=1S/C14H23NO4/c1-4-18-13-9-10(11(15)6-7-16)8-12(17-3)14(13)19-5-2/h8-9,11,16H,4-7,15H2,1-3H3. The number of aliphatic hydroxyl groups is 1. The normalized spacial score (nSPS) is 12.1. The van der Waals surface area contributed by atoms with Crippen LogP contribution in [0.25, 0.3) is 0 Å². The van der Waals surface area contributed by atoms with E-state index in [4.69, 9.17) is 25.1 Å². The van der Waals surface area contributed by atoms with E-state index in [2.05, 4.69) is 0 Å². The van der Waals surface area contributed by atoms with E-state index in [1.165, 1.54) is 0 Å². The number of aliphatic hydroxyl groups excluding tert-OH is 1. The molecule has 0 radical (unpaired) electrons. The van der Waals surface area contributed by atoms with Gasteiger partial charge in [-0.05, 0) is 38.0 Å². The Morgan fingerprint density at radius 1 is 1.16 bits per heavy atom. The Hall–Kier alpha value is -1.46. The maximum atomic E-state index is 8.97. The van der Waals surface area contributed by atoms with Gasteiger partial charge in [-0.2, -0.15) is 0 Å². The van der Waals surface area contributed by atoms with Gasteiger partial charge in [-0.15, -0.1) is 0 Å². The van der Waals surface area contributed by atoms with E-state index in [1.807, 2.05) is 26.0 Å². The molecule has 0 aliphatic heterocycles. The molecule has 0 fully saturated rings. The molecule has 1 unspecified atom stereocenters. The van der Waals surface area contributed by atoms with Crippen LogP contribution in [0, 0.1) is 0 Å². The number of benzene rings is 1. The fraction of sp³-hybridized carbons (Fsp3) is 0.571. The van der Waals surface area contributed by atoms with Gasteiger partial charge in [-0.25, -0.2) is 0 Å². The van der Waals surface area contributed by atoms with E-state index < -0.39 is 0 Å². The SMILES string of the molecule is CCOc1cc(C(N)CCO)cc(OC)c1OCC. The largest absolute Gasteiger partial charge is 0.493 e. The molecule has 0 aliphatic rings. The van der Waals surface area contributed by atoms with Crippen LogP contribution in [0.2, 0.25) is 0 Å². The van der Waals surface area contributed by atoms with Crippen LogP contribution in [0.4, 0.5) is 0 Å². The average Bonchev–Trinajstić information content (AvgIpc) is 2.41. The van der Waals surface area contributed by atoms with Gasteiger partial charge in [0.25, 0.3) is 0 Å². The zero-order chi connectivity index (χ0) is 14.3. The van der Waals surface area contributed by atoms with Crippen molar-refractivity contribution in [3.05, 3.63) is 17.7 Å². The summed E-state index contributed by atoms with van der Waals surface area (Å²) in [6.07, 6.45) is 0.489. The Balaban J connectivity index is 3.18. The highest BCUT2D eigenvalue weighted by molar-refractivity contribution is 5.54. The van der Waals surface area contributed by atoms with Gasteiger partial charge in [0.1, 0.15) is 0 Å². The number of ether oxygens (including phenoxy) is 3. The second-order valence-corrected chi connectivity index (χ2v) is 4.04. The number of rotatable bonds is 8. The van der Waals surface area contributed by atoms with E-state index in [9.17, 15) is 0 Å². The van der Waals surface area contributed by atoms with Gasteiger partial charge in [-0.1, -0.05) is 0 Å². The average molecular weight is 269 g/mol. The first-order valence-corrected chi connectivity index (χ1v) is 6.51. The summed E-state index contributed by atoms with van der Waals surface area (Å²) in [5.41, 5.74) is 6.87. The van der Waals surface area contributed by atoms with Crippen molar-refractivity contribution in [3.63, 3.8) is 0 Å². The number of methoxy groups -OCH3 is 1.